The molecule has 2 atom stereocenters. The highest BCUT2D eigenvalue weighted by Gasteiger charge is 2.27. The number of carbonyl (C=O) groups excluding carboxylic acids is 2. The third-order valence-corrected chi connectivity index (χ3v) is 5.26. The maximum absolute atomic E-state index is 12.3. The minimum absolute atomic E-state index is 0.0227. The molecule has 2 unspecified atom stereocenters. The van der Waals surface area contributed by atoms with Gasteiger partial charge in [0, 0.05) is 31.5 Å². The number of Topliss-reactive ketones (excluding diaryl/α,β-unsaturated/α-hetero) is 1. The molecule has 0 spiro atoms. The molecule has 124 valence electrons. The van der Waals surface area contributed by atoms with Crippen LogP contribution in [-0.4, -0.2) is 40.9 Å². The van der Waals surface area contributed by atoms with Gasteiger partial charge in [0.1, 0.15) is 0 Å². The SMILES string of the molecule is CC1CCN(C(=O)CCC(=O)c2ccc3c(c2)CCC3)CC1O. The van der Waals surface area contributed by atoms with Crippen LogP contribution in [0.2, 0.25) is 0 Å². The van der Waals surface area contributed by atoms with Gasteiger partial charge in [-0.05, 0) is 48.8 Å². The largest absolute Gasteiger partial charge is 0.391 e. The molecule has 1 aliphatic heterocycles. The summed E-state index contributed by atoms with van der Waals surface area (Å²) >= 11 is 0. The number of nitrogens with zero attached hydrogens (tertiary/aromatic N) is 1. The molecule has 1 amide bonds. The lowest BCUT2D eigenvalue weighted by Crippen LogP contribution is -2.45. The van der Waals surface area contributed by atoms with Crippen molar-refractivity contribution >= 4 is 11.7 Å². The van der Waals surface area contributed by atoms with Crippen molar-refractivity contribution in [3.63, 3.8) is 0 Å². The van der Waals surface area contributed by atoms with Gasteiger partial charge in [-0.3, -0.25) is 9.59 Å². The van der Waals surface area contributed by atoms with E-state index >= 15 is 0 Å². The lowest BCUT2D eigenvalue weighted by Gasteiger charge is -2.34. The van der Waals surface area contributed by atoms with Crippen molar-refractivity contribution in [1.82, 2.24) is 4.90 Å². The van der Waals surface area contributed by atoms with E-state index in [0.29, 0.717) is 13.1 Å². The van der Waals surface area contributed by atoms with Gasteiger partial charge in [0.25, 0.3) is 0 Å². The molecule has 4 heteroatoms. The molecule has 1 N–H and O–H groups in total. The molecule has 1 aromatic carbocycles. The summed E-state index contributed by atoms with van der Waals surface area (Å²) in [6, 6.07) is 5.95. The quantitative estimate of drug-likeness (QED) is 0.868. The number of likely N-dealkylation sites (tertiary alicyclic amines) is 1. The lowest BCUT2D eigenvalue weighted by atomic mass is 9.95. The fourth-order valence-electron chi connectivity index (χ4n) is 3.54. The minimum Gasteiger partial charge on any atom is -0.391 e. The smallest absolute Gasteiger partial charge is 0.223 e. The molecule has 1 saturated heterocycles. The Bertz CT molecular complexity index is 611. The van der Waals surface area contributed by atoms with Gasteiger partial charge in [-0.1, -0.05) is 19.1 Å². The van der Waals surface area contributed by atoms with Crippen LogP contribution in [0.1, 0.15) is 54.1 Å². The van der Waals surface area contributed by atoms with E-state index in [-0.39, 0.29) is 30.4 Å². The molecule has 1 aliphatic carbocycles. The van der Waals surface area contributed by atoms with Gasteiger partial charge in [0.05, 0.1) is 6.10 Å². The summed E-state index contributed by atoms with van der Waals surface area (Å²) in [5.41, 5.74) is 3.37. The van der Waals surface area contributed by atoms with E-state index in [4.69, 9.17) is 0 Å². The number of hydrogen-bond donors (Lipinski definition) is 1. The molecule has 1 fully saturated rings. The van der Waals surface area contributed by atoms with Crippen LogP contribution in [-0.2, 0) is 17.6 Å². The molecule has 23 heavy (non-hydrogen) atoms. The van der Waals surface area contributed by atoms with Crippen molar-refractivity contribution in [3.8, 4) is 0 Å². The van der Waals surface area contributed by atoms with Crippen molar-refractivity contribution in [2.24, 2.45) is 5.92 Å². The summed E-state index contributed by atoms with van der Waals surface area (Å²) in [4.78, 5) is 26.3. The number of carbonyl (C=O) groups is 2. The zero-order valence-electron chi connectivity index (χ0n) is 13.8. The number of aliphatic hydroxyl groups excluding tert-OH is 1. The summed E-state index contributed by atoms with van der Waals surface area (Å²) in [5, 5.41) is 9.88. The number of aliphatic hydroxyl groups is 1. The van der Waals surface area contributed by atoms with Crippen LogP contribution in [0.5, 0.6) is 0 Å². The highest BCUT2D eigenvalue weighted by Crippen LogP contribution is 2.24. The average molecular weight is 315 g/mol. The highest BCUT2D eigenvalue weighted by atomic mass is 16.3. The van der Waals surface area contributed by atoms with Gasteiger partial charge in [-0.2, -0.15) is 0 Å². The number of ketones is 1. The second-order valence-electron chi connectivity index (χ2n) is 6.93. The predicted molar refractivity (Wildman–Crippen MR) is 88.4 cm³/mol. The third kappa shape index (κ3) is 3.63. The predicted octanol–water partition coefficient (Wildman–Crippen LogP) is 2.37. The lowest BCUT2D eigenvalue weighted by molar-refractivity contribution is -0.135. The molecule has 1 aromatic rings. The Hall–Kier alpha value is -1.68. The molecule has 0 radical (unpaired) electrons. The minimum atomic E-state index is -0.444. The zero-order valence-corrected chi connectivity index (χ0v) is 13.8. The molecule has 4 nitrogen and oxygen atoms in total. The Labute approximate surface area is 137 Å². The van der Waals surface area contributed by atoms with E-state index in [0.717, 1.165) is 24.8 Å². The van der Waals surface area contributed by atoms with Crippen LogP contribution in [0.4, 0.5) is 0 Å². The first kappa shape index (κ1) is 16.2. The first-order chi connectivity index (χ1) is 11.0. The standard InChI is InChI=1S/C19H25NO3/c1-13-9-10-20(12-18(13)22)19(23)8-7-17(21)16-6-5-14-3-2-4-15(14)11-16/h5-6,11,13,18,22H,2-4,7-10,12H2,1H3. The van der Waals surface area contributed by atoms with Crippen LogP contribution < -0.4 is 0 Å². The zero-order chi connectivity index (χ0) is 16.4. The number of hydrogen-bond acceptors (Lipinski definition) is 3. The normalized spacial score (nSPS) is 23.7. The van der Waals surface area contributed by atoms with Gasteiger partial charge in [-0.25, -0.2) is 0 Å². The van der Waals surface area contributed by atoms with E-state index in [1.54, 1.807) is 4.90 Å². The summed E-state index contributed by atoms with van der Waals surface area (Å²) in [6.07, 6.45) is 4.20. The second kappa shape index (κ2) is 6.83. The highest BCUT2D eigenvalue weighted by molar-refractivity contribution is 5.98. The Balaban J connectivity index is 1.53. The number of benzene rings is 1. The molecule has 0 saturated carbocycles. The number of rotatable bonds is 4. The van der Waals surface area contributed by atoms with Gasteiger partial charge >= 0.3 is 0 Å². The second-order valence-corrected chi connectivity index (χ2v) is 6.93. The van der Waals surface area contributed by atoms with Crippen molar-refractivity contribution < 1.29 is 14.7 Å². The Morgan fingerprint density at radius 2 is 2.00 bits per heavy atom. The number of fused-ring (bicyclic) bond motifs is 1. The van der Waals surface area contributed by atoms with Gasteiger partial charge in [0.15, 0.2) is 5.78 Å². The molecule has 2 aliphatic rings. The summed E-state index contributed by atoms with van der Waals surface area (Å²) < 4.78 is 0. The molecule has 3 rings (SSSR count). The monoisotopic (exact) mass is 315 g/mol. The number of β-amino-alcohol motifs (C(OH)–C–C–N with tert-alkyl or cyclic N) is 1. The van der Waals surface area contributed by atoms with Crippen molar-refractivity contribution in [2.45, 2.75) is 51.6 Å². The Morgan fingerprint density at radius 1 is 1.22 bits per heavy atom. The third-order valence-electron chi connectivity index (χ3n) is 5.26. The van der Waals surface area contributed by atoms with Crippen LogP contribution >= 0.6 is 0 Å². The fraction of sp³-hybridized carbons (Fsp3) is 0.579. The van der Waals surface area contributed by atoms with Crippen LogP contribution in [0.25, 0.3) is 0 Å². The molecule has 0 aromatic heterocycles. The molecular weight excluding hydrogens is 290 g/mol. The van der Waals surface area contributed by atoms with Crippen LogP contribution in [0, 0.1) is 5.92 Å². The first-order valence-electron chi connectivity index (χ1n) is 8.65. The summed E-state index contributed by atoms with van der Waals surface area (Å²) in [5.74, 6) is 0.261. The van der Waals surface area contributed by atoms with Gasteiger partial charge < -0.3 is 10.0 Å². The summed E-state index contributed by atoms with van der Waals surface area (Å²) in [6.45, 7) is 3.08. The van der Waals surface area contributed by atoms with Crippen molar-refractivity contribution in [1.29, 1.82) is 0 Å². The Morgan fingerprint density at radius 3 is 2.78 bits per heavy atom. The van der Waals surface area contributed by atoms with E-state index in [2.05, 4.69) is 6.07 Å². The summed E-state index contributed by atoms with van der Waals surface area (Å²) in [7, 11) is 0. The first-order valence-corrected chi connectivity index (χ1v) is 8.65. The number of aryl methyl sites for hydroxylation is 2. The van der Waals surface area contributed by atoms with Gasteiger partial charge in [-0.15, -0.1) is 0 Å². The van der Waals surface area contributed by atoms with Crippen LogP contribution in [0.15, 0.2) is 18.2 Å². The van der Waals surface area contributed by atoms with Crippen molar-refractivity contribution in [2.75, 3.05) is 13.1 Å². The van der Waals surface area contributed by atoms with Gasteiger partial charge in [0.2, 0.25) is 5.91 Å². The molecule has 0 bridgehead atoms. The maximum Gasteiger partial charge on any atom is 0.223 e. The topological polar surface area (TPSA) is 57.6 Å². The van der Waals surface area contributed by atoms with Crippen molar-refractivity contribution in [3.05, 3.63) is 34.9 Å². The Kier molecular flexibility index (Phi) is 4.81. The fourth-order valence-corrected chi connectivity index (χ4v) is 3.54. The number of piperidine rings is 1. The van der Waals surface area contributed by atoms with E-state index < -0.39 is 6.10 Å². The maximum atomic E-state index is 12.3. The average Bonchev–Trinajstić information content (AvgIpc) is 3.02. The van der Waals surface area contributed by atoms with Crippen LogP contribution in [0.3, 0.4) is 0 Å². The van der Waals surface area contributed by atoms with E-state index in [1.165, 1.54) is 17.5 Å². The van der Waals surface area contributed by atoms with E-state index in [9.17, 15) is 14.7 Å². The van der Waals surface area contributed by atoms with E-state index in [1.807, 2.05) is 19.1 Å². The molecule has 1 heterocycles. The number of amides is 1. The molecular formula is C19H25NO3.